The molecule has 0 saturated carbocycles. The molecule has 0 unspecified atom stereocenters. The number of nitrogen functional groups attached to an aromatic ring is 1. The average Bonchev–Trinajstić information content (AvgIpc) is 2.73. The van der Waals surface area contributed by atoms with Gasteiger partial charge < -0.3 is 5.73 Å². The Morgan fingerprint density at radius 3 is 2.78 bits per heavy atom. The maximum atomic E-state index is 12.0. The Morgan fingerprint density at radius 1 is 1.39 bits per heavy atom. The summed E-state index contributed by atoms with van der Waals surface area (Å²) in [6, 6.07) is 7.90. The highest BCUT2D eigenvalue weighted by molar-refractivity contribution is 7.89. The van der Waals surface area contributed by atoms with Crippen LogP contribution in [0.5, 0.6) is 0 Å². The van der Waals surface area contributed by atoms with Crippen molar-refractivity contribution in [2.45, 2.75) is 11.4 Å². The fraction of sp³-hybridized carbons (Fsp3) is 0.182. The van der Waals surface area contributed by atoms with E-state index in [4.69, 9.17) is 5.73 Å². The van der Waals surface area contributed by atoms with Crippen molar-refractivity contribution in [3.63, 3.8) is 0 Å². The Labute approximate surface area is 105 Å². The summed E-state index contributed by atoms with van der Waals surface area (Å²) in [6.45, 7) is 0.151. The lowest BCUT2D eigenvalue weighted by Crippen LogP contribution is -2.23. The minimum Gasteiger partial charge on any atom is -0.399 e. The molecule has 0 bridgehead atoms. The molecule has 1 aromatic heterocycles. The number of nitrogens with two attached hydrogens (primary N) is 1. The smallest absolute Gasteiger partial charge is 0.240 e. The first kappa shape index (κ1) is 12.6. The van der Waals surface area contributed by atoms with E-state index in [1.165, 1.54) is 12.1 Å². The number of nitrogens with one attached hydrogen (secondary N) is 1. The number of rotatable bonds is 4. The molecular formula is C11H14N4O2S. The summed E-state index contributed by atoms with van der Waals surface area (Å²) in [6.07, 6.45) is 1.75. The van der Waals surface area contributed by atoms with Gasteiger partial charge in [-0.3, -0.25) is 4.68 Å². The van der Waals surface area contributed by atoms with Crippen molar-refractivity contribution in [1.82, 2.24) is 14.5 Å². The first-order valence-corrected chi connectivity index (χ1v) is 6.79. The average molecular weight is 266 g/mol. The van der Waals surface area contributed by atoms with Gasteiger partial charge in [0.05, 0.1) is 17.1 Å². The molecule has 1 aromatic carbocycles. The largest absolute Gasteiger partial charge is 0.399 e. The van der Waals surface area contributed by atoms with Crippen LogP contribution in [-0.2, 0) is 23.6 Å². The van der Waals surface area contributed by atoms with Crippen molar-refractivity contribution >= 4 is 15.7 Å². The maximum absolute atomic E-state index is 12.0. The molecule has 0 aliphatic rings. The van der Waals surface area contributed by atoms with Crippen LogP contribution < -0.4 is 10.5 Å². The van der Waals surface area contributed by atoms with E-state index in [0.717, 1.165) is 0 Å². The van der Waals surface area contributed by atoms with Gasteiger partial charge in [0.1, 0.15) is 0 Å². The van der Waals surface area contributed by atoms with Crippen LogP contribution >= 0.6 is 0 Å². The standard InChI is InChI=1S/C11H14N4O2S/c1-15-6-5-10(14-15)8-13-18(16,17)11-4-2-3-9(12)7-11/h2-7,13H,8,12H2,1H3. The van der Waals surface area contributed by atoms with Crippen LogP contribution in [0, 0.1) is 0 Å². The van der Waals surface area contributed by atoms with E-state index in [0.29, 0.717) is 11.4 Å². The van der Waals surface area contributed by atoms with Crippen LogP contribution in [0.4, 0.5) is 5.69 Å². The van der Waals surface area contributed by atoms with E-state index >= 15 is 0 Å². The zero-order chi connectivity index (χ0) is 13.2. The Hall–Kier alpha value is -1.86. The zero-order valence-electron chi connectivity index (χ0n) is 9.87. The number of aromatic nitrogens is 2. The molecule has 1 heterocycles. The number of aryl methyl sites for hydroxylation is 1. The molecule has 3 N–H and O–H groups in total. The summed E-state index contributed by atoms with van der Waals surface area (Å²) in [4.78, 5) is 0.151. The number of nitrogens with zero attached hydrogens (tertiary/aromatic N) is 2. The van der Waals surface area contributed by atoms with Gasteiger partial charge in [-0.25, -0.2) is 13.1 Å². The Kier molecular flexibility index (Phi) is 3.35. The fourth-order valence-electron chi connectivity index (χ4n) is 1.49. The third kappa shape index (κ3) is 2.88. The predicted octanol–water partition coefficient (Wildman–Crippen LogP) is 0.481. The quantitative estimate of drug-likeness (QED) is 0.788. The van der Waals surface area contributed by atoms with Gasteiger partial charge in [0, 0.05) is 18.9 Å². The predicted molar refractivity (Wildman–Crippen MR) is 68.1 cm³/mol. The third-order valence-electron chi connectivity index (χ3n) is 2.38. The fourth-order valence-corrected chi connectivity index (χ4v) is 2.54. The lowest BCUT2D eigenvalue weighted by atomic mass is 10.3. The molecule has 0 fully saturated rings. The maximum Gasteiger partial charge on any atom is 0.240 e. The third-order valence-corrected chi connectivity index (χ3v) is 3.78. The summed E-state index contributed by atoms with van der Waals surface area (Å²) in [7, 11) is -1.78. The minimum atomic E-state index is -3.55. The molecule has 0 amide bonds. The molecule has 0 saturated heterocycles. The number of hydrogen-bond donors (Lipinski definition) is 2. The molecule has 18 heavy (non-hydrogen) atoms. The van der Waals surface area contributed by atoms with Crippen LogP contribution in [0.2, 0.25) is 0 Å². The molecule has 2 rings (SSSR count). The van der Waals surface area contributed by atoms with E-state index in [1.54, 1.807) is 36.1 Å². The SMILES string of the molecule is Cn1ccc(CNS(=O)(=O)c2cccc(N)c2)n1. The minimum absolute atomic E-state index is 0.151. The summed E-state index contributed by atoms with van der Waals surface area (Å²) in [5, 5.41) is 4.09. The van der Waals surface area contributed by atoms with Gasteiger partial charge in [0.15, 0.2) is 0 Å². The van der Waals surface area contributed by atoms with Crippen LogP contribution in [0.1, 0.15) is 5.69 Å². The summed E-state index contributed by atoms with van der Waals surface area (Å²) < 4.78 is 28.0. The first-order chi connectivity index (χ1) is 8.47. The number of hydrogen-bond acceptors (Lipinski definition) is 4. The highest BCUT2D eigenvalue weighted by atomic mass is 32.2. The second-order valence-corrected chi connectivity index (χ2v) is 5.64. The van der Waals surface area contributed by atoms with Crippen molar-refractivity contribution < 1.29 is 8.42 Å². The molecule has 0 radical (unpaired) electrons. The lowest BCUT2D eigenvalue weighted by molar-refractivity contribution is 0.579. The van der Waals surface area contributed by atoms with Crippen molar-refractivity contribution in [1.29, 1.82) is 0 Å². The van der Waals surface area contributed by atoms with Crippen LogP contribution in [-0.4, -0.2) is 18.2 Å². The molecular weight excluding hydrogens is 252 g/mol. The van der Waals surface area contributed by atoms with Crippen LogP contribution in [0.3, 0.4) is 0 Å². The molecule has 0 spiro atoms. The van der Waals surface area contributed by atoms with Crippen LogP contribution in [0.25, 0.3) is 0 Å². The van der Waals surface area contributed by atoms with Gasteiger partial charge in [0.25, 0.3) is 0 Å². The Balaban J connectivity index is 2.13. The van der Waals surface area contributed by atoms with Crippen molar-refractivity contribution in [3.8, 4) is 0 Å². The van der Waals surface area contributed by atoms with Crippen LogP contribution in [0.15, 0.2) is 41.4 Å². The van der Waals surface area contributed by atoms with E-state index in [9.17, 15) is 8.42 Å². The van der Waals surface area contributed by atoms with Crippen molar-refractivity contribution in [3.05, 3.63) is 42.2 Å². The van der Waals surface area contributed by atoms with Gasteiger partial charge in [0.2, 0.25) is 10.0 Å². The molecule has 6 nitrogen and oxygen atoms in total. The molecule has 2 aromatic rings. The molecule has 96 valence electrons. The van der Waals surface area contributed by atoms with E-state index in [-0.39, 0.29) is 11.4 Å². The summed E-state index contributed by atoms with van der Waals surface area (Å²) in [5.41, 5.74) is 6.63. The highest BCUT2D eigenvalue weighted by Gasteiger charge is 2.14. The normalized spacial score (nSPS) is 11.6. The second kappa shape index (κ2) is 4.79. The Bertz CT molecular complexity index is 649. The van der Waals surface area contributed by atoms with E-state index in [2.05, 4.69) is 9.82 Å². The monoisotopic (exact) mass is 266 g/mol. The van der Waals surface area contributed by atoms with Gasteiger partial charge in [-0.2, -0.15) is 5.10 Å². The summed E-state index contributed by atoms with van der Waals surface area (Å²) >= 11 is 0. The summed E-state index contributed by atoms with van der Waals surface area (Å²) in [5.74, 6) is 0. The van der Waals surface area contributed by atoms with Crippen molar-refractivity contribution in [2.75, 3.05) is 5.73 Å². The zero-order valence-corrected chi connectivity index (χ0v) is 10.7. The second-order valence-electron chi connectivity index (χ2n) is 3.88. The molecule has 0 atom stereocenters. The van der Waals surface area contributed by atoms with Gasteiger partial charge in [-0.05, 0) is 24.3 Å². The van der Waals surface area contributed by atoms with Gasteiger partial charge in [-0.15, -0.1) is 0 Å². The lowest BCUT2D eigenvalue weighted by Gasteiger charge is -2.05. The van der Waals surface area contributed by atoms with E-state index in [1.807, 2.05) is 0 Å². The molecule has 7 heteroatoms. The van der Waals surface area contributed by atoms with Gasteiger partial charge in [-0.1, -0.05) is 6.07 Å². The molecule has 0 aliphatic carbocycles. The highest BCUT2D eigenvalue weighted by Crippen LogP contribution is 2.12. The number of anilines is 1. The van der Waals surface area contributed by atoms with E-state index < -0.39 is 10.0 Å². The van der Waals surface area contributed by atoms with Crippen molar-refractivity contribution in [2.24, 2.45) is 7.05 Å². The number of sulfonamides is 1. The van der Waals surface area contributed by atoms with Gasteiger partial charge >= 0.3 is 0 Å². The topological polar surface area (TPSA) is 90.0 Å². The molecule has 0 aliphatic heterocycles. The number of benzene rings is 1. The Morgan fingerprint density at radius 2 is 2.17 bits per heavy atom. The first-order valence-electron chi connectivity index (χ1n) is 5.31.